The summed E-state index contributed by atoms with van der Waals surface area (Å²) in [5.74, 6) is 0.0998. The molecule has 2 fully saturated rings. The molecular weight excluding hydrogens is 218 g/mol. The van der Waals surface area contributed by atoms with E-state index in [9.17, 15) is 10.2 Å². The molecule has 0 radical (unpaired) electrons. The Morgan fingerprint density at radius 1 is 1.18 bits per heavy atom. The minimum absolute atomic E-state index is 0.0998. The molecule has 2 aliphatic rings. The van der Waals surface area contributed by atoms with Crippen molar-refractivity contribution in [3.05, 3.63) is 0 Å². The average Bonchev–Trinajstić information content (AvgIpc) is 2.62. The summed E-state index contributed by atoms with van der Waals surface area (Å²) >= 11 is 0. The first-order valence-corrected chi connectivity index (χ1v) is 6.51. The van der Waals surface area contributed by atoms with Crippen molar-refractivity contribution in [2.75, 3.05) is 19.6 Å². The van der Waals surface area contributed by atoms with Crippen LogP contribution in [0.25, 0.3) is 0 Å². The van der Waals surface area contributed by atoms with E-state index < -0.39 is 11.7 Å². The van der Waals surface area contributed by atoms with Crippen molar-refractivity contribution in [2.45, 2.75) is 57.5 Å². The molecule has 0 saturated carbocycles. The third-order valence-corrected chi connectivity index (χ3v) is 4.21. The number of ether oxygens (including phenoxy) is 1. The standard InChI is InChI=1S/C13H25NO3/c1-12(2)10(11(16)13(3,4)17-12)8-14-6-5-9(15)7-14/h9-11,15-16H,5-8H2,1-4H3. The van der Waals surface area contributed by atoms with Crippen molar-refractivity contribution in [1.29, 1.82) is 0 Å². The van der Waals surface area contributed by atoms with Gasteiger partial charge in [-0.2, -0.15) is 0 Å². The lowest BCUT2D eigenvalue weighted by molar-refractivity contribution is -0.0913. The van der Waals surface area contributed by atoms with E-state index in [1.165, 1.54) is 0 Å². The van der Waals surface area contributed by atoms with Gasteiger partial charge in [0.25, 0.3) is 0 Å². The van der Waals surface area contributed by atoms with Crippen LogP contribution in [-0.2, 0) is 4.74 Å². The van der Waals surface area contributed by atoms with Gasteiger partial charge in [0.1, 0.15) is 0 Å². The second kappa shape index (κ2) is 4.19. The Balaban J connectivity index is 2.04. The van der Waals surface area contributed by atoms with Gasteiger partial charge in [0, 0.05) is 25.6 Å². The highest BCUT2D eigenvalue weighted by atomic mass is 16.5. The molecule has 100 valence electrons. The van der Waals surface area contributed by atoms with Gasteiger partial charge in [0.15, 0.2) is 0 Å². The Bertz CT molecular complexity index is 290. The lowest BCUT2D eigenvalue weighted by Crippen LogP contribution is -2.43. The summed E-state index contributed by atoms with van der Waals surface area (Å²) in [6.45, 7) is 10.4. The van der Waals surface area contributed by atoms with Crippen LogP contribution < -0.4 is 0 Å². The molecule has 2 saturated heterocycles. The summed E-state index contributed by atoms with van der Waals surface area (Å²) in [4.78, 5) is 2.23. The summed E-state index contributed by atoms with van der Waals surface area (Å²) in [6, 6.07) is 0. The van der Waals surface area contributed by atoms with E-state index in [0.29, 0.717) is 0 Å². The highest BCUT2D eigenvalue weighted by molar-refractivity contribution is 5.02. The quantitative estimate of drug-likeness (QED) is 0.746. The van der Waals surface area contributed by atoms with Crippen LogP contribution >= 0.6 is 0 Å². The topological polar surface area (TPSA) is 52.9 Å². The summed E-state index contributed by atoms with van der Waals surface area (Å²) in [6.07, 6.45) is 0.189. The molecule has 2 aliphatic heterocycles. The van der Waals surface area contributed by atoms with Crippen LogP contribution in [-0.4, -0.2) is 58.2 Å². The Kier molecular flexibility index (Phi) is 3.28. The van der Waals surface area contributed by atoms with Crippen LogP contribution in [0.15, 0.2) is 0 Å². The van der Waals surface area contributed by atoms with Gasteiger partial charge in [0.05, 0.1) is 23.4 Å². The molecule has 2 heterocycles. The zero-order chi connectivity index (χ0) is 12.8. The van der Waals surface area contributed by atoms with Crippen molar-refractivity contribution >= 4 is 0 Å². The number of aliphatic hydroxyl groups excluding tert-OH is 2. The lowest BCUT2D eigenvalue weighted by atomic mass is 9.84. The Morgan fingerprint density at radius 3 is 2.24 bits per heavy atom. The summed E-state index contributed by atoms with van der Waals surface area (Å²) in [7, 11) is 0. The fourth-order valence-corrected chi connectivity index (χ4v) is 3.25. The molecule has 0 aliphatic carbocycles. The first-order valence-electron chi connectivity index (χ1n) is 6.51. The van der Waals surface area contributed by atoms with E-state index >= 15 is 0 Å². The van der Waals surface area contributed by atoms with E-state index in [4.69, 9.17) is 4.74 Å². The van der Waals surface area contributed by atoms with Crippen molar-refractivity contribution in [1.82, 2.24) is 4.90 Å². The number of hydrogen-bond donors (Lipinski definition) is 2. The molecule has 4 nitrogen and oxygen atoms in total. The smallest absolute Gasteiger partial charge is 0.0896 e. The lowest BCUT2D eigenvalue weighted by Gasteiger charge is -2.30. The van der Waals surface area contributed by atoms with Gasteiger partial charge in [0.2, 0.25) is 0 Å². The maximum Gasteiger partial charge on any atom is 0.0896 e. The van der Waals surface area contributed by atoms with Gasteiger partial charge in [-0.15, -0.1) is 0 Å². The molecule has 0 spiro atoms. The molecule has 0 bridgehead atoms. The first-order chi connectivity index (χ1) is 7.72. The maximum atomic E-state index is 10.4. The molecule has 2 rings (SSSR count). The second-order valence-corrected chi connectivity index (χ2v) is 6.56. The predicted molar refractivity (Wildman–Crippen MR) is 65.8 cm³/mol. The van der Waals surface area contributed by atoms with Crippen LogP contribution in [0.4, 0.5) is 0 Å². The zero-order valence-corrected chi connectivity index (χ0v) is 11.3. The maximum absolute atomic E-state index is 10.4. The molecule has 17 heavy (non-hydrogen) atoms. The van der Waals surface area contributed by atoms with Crippen LogP contribution in [0.1, 0.15) is 34.1 Å². The molecular formula is C13H25NO3. The number of likely N-dealkylation sites (tertiary alicyclic amines) is 1. The van der Waals surface area contributed by atoms with Crippen LogP contribution in [0.2, 0.25) is 0 Å². The van der Waals surface area contributed by atoms with Crippen molar-refractivity contribution in [3.8, 4) is 0 Å². The van der Waals surface area contributed by atoms with E-state index in [2.05, 4.69) is 4.90 Å². The van der Waals surface area contributed by atoms with Crippen LogP contribution in [0.3, 0.4) is 0 Å². The monoisotopic (exact) mass is 243 g/mol. The fraction of sp³-hybridized carbons (Fsp3) is 1.00. The Labute approximate surface area is 104 Å². The molecule has 0 aromatic rings. The summed E-state index contributed by atoms with van der Waals surface area (Å²) in [5.41, 5.74) is -0.789. The largest absolute Gasteiger partial charge is 0.392 e. The molecule has 3 atom stereocenters. The minimum Gasteiger partial charge on any atom is -0.392 e. The SMILES string of the molecule is CC1(C)OC(C)(C)C(CN2CCC(O)C2)C1O. The zero-order valence-electron chi connectivity index (χ0n) is 11.3. The van der Waals surface area contributed by atoms with Gasteiger partial charge in [-0.25, -0.2) is 0 Å². The second-order valence-electron chi connectivity index (χ2n) is 6.56. The van der Waals surface area contributed by atoms with Gasteiger partial charge in [-0.1, -0.05) is 0 Å². The molecule has 0 aromatic carbocycles. The van der Waals surface area contributed by atoms with Gasteiger partial charge < -0.3 is 19.8 Å². The normalized spacial score (nSPS) is 40.9. The van der Waals surface area contributed by atoms with E-state index in [1.807, 2.05) is 27.7 Å². The molecule has 0 amide bonds. The third kappa shape index (κ3) is 2.50. The average molecular weight is 243 g/mol. The molecule has 0 aromatic heterocycles. The number of β-amino-alcohol motifs (C(OH)–C–C–N with tert-alkyl or cyclic N) is 1. The predicted octanol–water partition coefficient (Wildman–Crippen LogP) is 0.617. The first kappa shape index (κ1) is 13.3. The molecule has 2 N–H and O–H groups in total. The van der Waals surface area contributed by atoms with Gasteiger partial charge in [-0.3, -0.25) is 0 Å². The van der Waals surface area contributed by atoms with Crippen molar-refractivity contribution in [3.63, 3.8) is 0 Å². The van der Waals surface area contributed by atoms with Gasteiger partial charge >= 0.3 is 0 Å². The van der Waals surface area contributed by atoms with Crippen molar-refractivity contribution < 1.29 is 14.9 Å². The number of nitrogens with zero attached hydrogens (tertiary/aromatic N) is 1. The molecule has 3 unspecified atom stereocenters. The van der Waals surface area contributed by atoms with Crippen molar-refractivity contribution in [2.24, 2.45) is 5.92 Å². The highest BCUT2D eigenvalue weighted by Gasteiger charge is 2.53. The summed E-state index contributed by atoms with van der Waals surface area (Å²) < 4.78 is 5.96. The number of rotatable bonds is 2. The number of hydrogen-bond acceptors (Lipinski definition) is 4. The highest BCUT2D eigenvalue weighted by Crippen LogP contribution is 2.42. The van der Waals surface area contributed by atoms with E-state index in [-0.39, 0.29) is 17.6 Å². The fourth-order valence-electron chi connectivity index (χ4n) is 3.25. The molecule has 4 heteroatoms. The van der Waals surface area contributed by atoms with Crippen LogP contribution in [0.5, 0.6) is 0 Å². The Morgan fingerprint density at radius 2 is 1.82 bits per heavy atom. The minimum atomic E-state index is -0.480. The third-order valence-electron chi connectivity index (χ3n) is 4.21. The number of aliphatic hydroxyl groups is 2. The van der Waals surface area contributed by atoms with E-state index in [0.717, 1.165) is 26.1 Å². The summed E-state index contributed by atoms with van der Waals surface area (Å²) in [5, 5.41) is 19.9. The van der Waals surface area contributed by atoms with E-state index in [1.54, 1.807) is 0 Å². The van der Waals surface area contributed by atoms with Gasteiger partial charge in [-0.05, 0) is 34.1 Å². The Hall–Kier alpha value is -0.160. The van der Waals surface area contributed by atoms with Crippen LogP contribution in [0, 0.1) is 5.92 Å².